The fourth-order valence-corrected chi connectivity index (χ4v) is 2.66. The van der Waals surface area contributed by atoms with Gasteiger partial charge >= 0.3 is 6.18 Å². The van der Waals surface area contributed by atoms with Gasteiger partial charge in [-0.15, -0.1) is 15.3 Å². The quantitative estimate of drug-likeness (QED) is 0.679. The molecule has 0 aliphatic carbocycles. The van der Waals surface area contributed by atoms with Crippen molar-refractivity contribution in [2.45, 2.75) is 11.1 Å². The van der Waals surface area contributed by atoms with E-state index < -0.39 is 26.5 Å². The molecule has 0 aliphatic rings. The van der Waals surface area contributed by atoms with E-state index in [1.165, 1.54) is 23.3 Å². The van der Waals surface area contributed by atoms with Crippen LogP contribution < -0.4 is 0 Å². The summed E-state index contributed by atoms with van der Waals surface area (Å²) in [5, 5.41) is 11.1. The van der Waals surface area contributed by atoms with Crippen LogP contribution >= 0.6 is 0 Å². The summed E-state index contributed by atoms with van der Waals surface area (Å²) in [6, 6.07) is 2.45. The van der Waals surface area contributed by atoms with Crippen molar-refractivity contribution in [3.8, 4) is 11.4 Å². The molecule has 8 nitrogen and oxygen atoms in total. The van der Waals surface area contributed by atoms with Crippen molar-refractivity contribution in [3.63, 3.8) is 0 Å². The van der Waals surface area contributed by atoms with Crippen LogP contribution in [0.4, 0.5) is 13.2 Å². The number of nitrogens with zero attached hydrogens (tertiary/aromatic N) is 5. The Bertz CT molecular complexity index is 1060. The molecule has 1 aromatic carbocycles. The van der Waals surface area contributed by atoms with Crippen LogP contribution in [-0.4, -0.2) is 39.6 Å². The van der Waals surface area contributed by atoms with E-state index in [1.54, 1.807) is 0 Å². The summed E-state index contributed by atoms with van der Waals surface area (Å²) in [5.41, 5.74) is -1.18. The lowest BCUT2D eigenvalue weighted by Gasteiger charge is -2.10. The number of rotatable bonds is 4. The summed E-state index contributed by atoms with van der Waals surface area (Å²) in [7, 11) is -3.85. The normalized spacial score (nSPS) is 12.8. The lowest BCUT2D eigenvalue weighted by Crippen LogP contribution is -2.08. The maximum Gasteiger partial charge on any atom is 0.416 e. The highest BCUT2D eigenvalue weighted by Crippen LogP contribution is 2.33. The molecule has 3 aromatic rings. The lowest BCUT2D eigenvalue weighted by atomic mass is 10.1. The molecule has 3 rings (SSSR count). The predicted octanol–water partition coefficient (Wildman–Crippen LogP) is 2.38. The Kier molecular flexibility index (Phi) is 4.36. The highest BCUT2D eigenvalue weighted by atomic mass is 32.2. The third-order valence-electron chi connectivity index (χ3n) is 3.18. The van der Waals surface area contributed by atoms with Crippen molar-refractivity contribution in [1.82, 2.24) is 25.0 Å². The molecule has 0 fully saturated rings. The van der Waals surface area contributed by atoms with E-state index >= 15 is 0 Å². The number of alkyl halides is 3. The van der Waals surface area contributed by atoms with Crippen molar-refractivity contribution in [2.24, 2.45) is 0 Å². The van der Waals surface area contributed by atoms with Gasteiger partial charge in [-0.25, -0.2) is 18.1 Å². The third-order valence-corrected chi connectivity index (χ3v) is 4.27. The largest absolute Gasteiger partial charge is 0.424 e. The molecule has 0 unspecified atom stereocenters. The first-order valence-corrected chi connectivity index (χ1v) is 8.80. The van der Waals surface area contributed by atoms with Crippen LogP contribution in [-0.2, 0) is 16.0 Å². The van der Waals surface area contributed by atoms with Crippen LogP contribution in [0.5, 0.6) is 0 Å². The van der Waals surface area contributed by atoms with Gasteiger partial charge in [0.05, 0.1) is 10.5 Å². The minimum atomic E-state index is -4.71. The van der Waals surface area contributed by atoms with Crippen molar-refractivity contribution in [2.75, 3.05) is 6.26 Å². The maximum absolute atomic E-state index is 13.1. The SMILES string of the molecule is CS(=O)(=O)c1cc(-c2ncn(C=Cc3nnco3)n2)cc(C(F)(F)F)c1. The lowest BCUT2D eigenvalue weighted by molar-refractivity contribution is -0.137. The zero-order chi connectivity index (χ0) is 18.9. The highest BCUT2D eigenvalue weighted by Gasteiger charge is 2.32. The van der Waals surface area contributed by atoms with E-state index in [0.29, 0.717) is 6.07 Å². The molecule has 0 amide bonds. The Morgan fingerprint density at radius 3 is 2.62 bits per heavy atom. The number of hydrogen-bond donors (Lipinski definition) is 0. The number of benzene rings is 1. The van der Waals surface area contributed by atoms with E-state index in [4.69, 9.17) is 4.42 Å². The summed E-state index contributed by atoms with van der Waals surface area (Å²) < 4.78 is 68.7. The third kappa shape index (κ3) is 3.96. The topological polar surface area (TPSA) is 104 Å². The monoisotopic (exact) mass is 385 g/mol. The molecule has 0 saturated heterocycles. The van der Waals surface area contributed by atoms with Crippen LogP contribution in [0.3, 0.4) is 0 Å². The summed E-state index contributed by atoms with van der Waals surface area (Å²) in [5.74, 6) is 0.122. The molecule has 12 heteroatoms. The van der Waals surface area contributed by atoms with Gasteiger partial charge in [-0.1, -0.05) is 0 Å². The van der Waals surface area contributed by atoms with E-state index in [9.17, 15) is 21.6 Å². The molecular formula is C14H10F3N5O3S. The molecule has 0 radical (unpaired) electrons. The first-order chi connectivity index (χ1) is 12.1. The Labute approximate surface area is 144 Å². The van der Waals surface area contributed by atoms with Gasteiger partial charge in [0.1, 0.15) is 6.33 Å². The van der Waals surface area contributed by atoms with Gasteiger partial charge in [-0.2, -0.15) is 13.2 Å². The second kappa shape index (κ2) is 6.37. The number of halogens is 3. The Morgan fingerprint density at radius 2 is 2.00 bits per heavy atom. The van der Waals surface area contributed by atoms with Crippen LogP contribution in [0.1, 0.15) is 11.5 Å². The zero-order valence-corrected chi connectivity index (χ0v) is 13.9. The zero-order valence-electron chi connectivity index (χ0n) is 13.0. The first-order valence-electron chi connectivity index (χ1n) is 6.91. The average molecular weight is 385 g/mol. The molecule has 0 atom stereocenters. The fraction of sp³-hybridized carbons (Fsp3) is 0.143. The Morgan fingerprint density at radius 1 is 1.23 bits per heavy atom. The van der Waals surface area contributed by atoms with Gasteiger partial charge in [0.25, 0.3) is 0 Å². The minimum Gasteiger partial charge on any atom is -0.424 e. The second-order valence-electron chi connectivity index (χ2n) is 5.16. The molecule has 0 N–H and O–H groups in total. The molecule has 0 bridgehead atoms. The van der Waals surface area contributed by atoms with Gasteiger partial charge in [0.15, 0.2) is 15.7 Å². The van der Waals surface area contributed by atoms with Gasteiger partial charge in [-0.05, 0) is 18.2 Å². The van der Waals surface area contributed by atoms with Gasteiger partial charge in [-0.3, -0.25) is 0 Å². The highest BCUT2D eigenvalue weighted by molar-refractivity contribution is 7.90. The molecule has 2 aromatic heterocycles. The Hall–Kier alpha value is -3.02. The molecule has 26 heavy (non-hydrogen) atoms. The number of sulfone groups is 1. The van der Waals surface area contributed by atoms with E-state index in [2.05, 4.69) is 20.3 Å². The van der Waals surface area contributed by atoms with Gasteiger partial charge in [0, 0.05) is 24.1 Å². The van der Waals surface area contributed by atoms with Crippen LogP contribution in [0.25, 0.3) is 23.7 Å². The molecule has 0 saturated carbocycles. The summed E-state index contributed by atoms with van der Waals surface area (Å²) in [4.78, 5) is 3.43. The first kappa shape index (κ1) is 17.8. The standard InChI is InChI=1S/C14H10F3N5O3S/c1-26(23,24)11-5-9(4-10(6-11)14(15,16)17)13-18-7-22(21-13)3-2-12-20-19-8-25-12/h2-8H,1H3. The van der Waals surface area contributed by atoms with Gasteiger partial charge in [0.2, 0.25) is 12.3 Å². The van der Waals surface area contributed by atoms with E-state index in [0.717, 1.165) is 24.8 Å². The average Bonchev–Trinajstić information content (AvgIpc) is 3.22. The fourth-order valence-electron chi connectivity index (χ4n) is 1.98. The van der Waals surface area contributed by atoms with Crippen molar-refractivity contribution in [1.29, 1.82) is 0 Å². The minimum absolute atomic E-state index is 0.0730. The van der Waals surface area contributed by atoms with Crippen molar-refractivity contribution < 1.29 is 26.0 Å². The van der Waals surface area contributed by atoms with E-state index in [1.807, 2.05) is 0 Å². The summed E-state index contributed by atoms with van der Waals surface area (Å²) in [6.45, 7) is 0. The van der Waals surface area contributed by atoms with Crippen LogP contribution in [0, 0.1) is 0 Å². The van der Waals surface area contributed by atoms with Crippen LogP contribution in [0.2, 0.25) is 0 Å². The smallest absolute Gasteiger partial charge is 0.416 e. The van der Waals surface area contributed by atoms with Gasteiger partial charge < -0.3 is 4.42 Å². The van der Waals surface area contributed by atoms with E-state index in [-0.39, 0.29) is 17.3 Å². The Balaban J connectivity index is 2.01. The number of hydrogen-bond acceptors (Lipinski definition) is 7. The molecule has 0 spiro atoms. The summed E-state index contributed by atoms with van der Waals surface area (Å²) in [6.07, 6.45) is 1.29. The maximum atomic E-state index is 13.1. The predicted molar refractivity (Wildman–Crippen MR) is 83.1 cm³/mol. The van der Waals surface area contributed by atoms with Crippen LogP contribution in [0.15, 0.2) is 40.2 Å². The molecular weight excluding hydrogens is 375 g/mol. The number of aromatic nitrogens is 5. The van der Waals surface area contributed by atoms with Crippen molar-refractivity contribution in [3.05, 3.63) is 42.4 Å². The molecule has 0 aliphatic heterocycles. The molecule has 136 valence electrons. The molecule has 2 heterocycles. The van der Waals surface area contributed by atoms with Crippen molar-refractivity contribution >= 4 is 22.1 Å². The second-order valence-corrected chi connectivity index (χ2v) is 7.17. The summed E-state index contributed by atoms with van der Waals surface area (Å²) >= 11 is 0.